The van der Waals surface area contributed by atoms with Crippen LogP contribution < -0.4 is 10.2 Å². The Morgan fingerprint density at radius 1 is 1.19 bits per heavy atom. The Kier molecular flexibility index (Phi) is 5.38. The summed E-state index contributed by atoms with van der Waals surface area (Å²) in [5.41, 5.74) is 0.920. The van der Waals surface area contributed by atoms with Crippen molar-refractivity contribution >= 4 is 23.4 Å². The average Bonchev–Trinajstić information content (AvgIpc) is 3.27. The van der Waals surface area contributed by atoms with Crippen LogP contribution in [0.4, 0.5) is 18.9 Å². The zero-order valence-corrected chi connectivity index (χ0v) is 14.6. The summed E-state index contributed by atoms with van der Waals surface area (Å²) >= 11 is 0. The number of alkyl halides is 3. The summed E-state index contributed by atoms with van der Waals surface area (Å²) in [7, 11) is 0. The number of hydrogen-bond donors (Lipinski definition) is 1. The molecule has 1 atom stereocenters. The van der Waals surface area contributed by atoms with E-state index in [-0.39, 0.29) is 5.91 Å². The van der Waals surface area contributed by atoms with Crippen LogP contribution >= 0.6 is 0 Å². The maximum absolute atomic E-state index is 12.8. The fourth-order valence-electron chi connectivity index (χ4n) is 3.48. The number of likely N-dealkylation sites (tertiary alicyclic amines) is 1. The van der Waals surface area contributed by atoms with E-state index >= 15 is 0 Å². The van der Waals surface area contributed by atoms with E-state index in [2.05, 4.69) is 0 Å². The predicted molar refractivity (Wildman–Crippen MR) is 91.2 cm³/mol. The van der Waals surface area contributed by atoms with Crippen LogP contribution in [0.25, 0.3) is 0 Å². The molecule has 0 bridgehead atoms. The van der Waals surface area contributed by atoms with E-state index in [1.165, 1.54) is 4.90 Å². The van der Waals surface area contributed by atoms with Gasteiger partial charge in [-0.15, -0.1) is 0 Å². The number of rotatable bonds is 4. The Labute approximate surface area is 154 Å². The van der Waals surface area contributed by atoms with Crippen molar-refractivity contribution in [3.05, 3.63) is 29.8 Å². The van der Waals surface area contributed by atoms with Gasteiger partial charge in [0.2, 0.25) is 11.8 Å². The third-order valence-corrected chi connectivity index (χ3v) is 4.76. The molecule has 9 heteroatoms. The Balaban J connectivity index is 1.72. The van der Waals surface area contributed by atoms with E-state index in [0.717, 1.165) is 6.42 Å². The minimum absolute atomic E-state index is 0.00910. The smallest absolute Gasteiger partial charge is 0.345 e. The van der Waals surface area contributed by atoms with E-state index in [1.54, 1.807) is 29.2 Å². The van der Waals surface area contributed by atoms with Crippen LogP contribution in [-0.2, 0) is 9.59 Å². The summed E-state index contributed by atoms with van der Waals surface area (Å²) in [6, 6.07) is 5.64. The van der Waals surface area contributed by atoms with Gasteiger partial charge in [-0.05, 0) is 37.5 Å². The molecular weight excluding hydrogens is 363 g/mol. The largest absolute Gasteiger partial charge is 0.405 e. The number of carbonyl (C=O) groups is 3. The summed E-state index contributed by atoms with van der Waals surface area (Å²) in [5.74, 6) is -1.23. The highest BCUT2D eigenvalue weighted by Crippen LogP contribution is 2.25. The summed E-state index contributed by atoms with van der Waals surface area (Å²) in [4.78, 5) is 39.7. The van der Waals surface area contributed by atoms with Crippen LogP contribution in [0.5, 0.6) is 0 Å². The molecule has 3 amide bonds. The minimum Gasteiger partial charge on any atom is -0.345 e. The molecule has 0 spiro atoms. The van der Waals surface area contributed by atoms with Gasteiger partial charge in [-0.2, -0.15) is 13.2 Å². The topological polar surface area (TPSA) is 69.7 Å². The van der Waals surface area contributed by atoms with E-state index in [0.29, 0.717) is 43.6 Å². The lowest BCUT2D eigenvalue weighted by atomic mass is 10.1. The van der Waals surface area contributed by atoms with Crippen molar-refractivity contribution in [2.75, 3.05) is 24.5 Å². The summed E-state index contributed by atoms with van der Waals surface area (Å²) in [6.45, 7) is -0.532. The fourth-order valence-corrected chi connectivity index (χ4v) is 3.48. The van der Waals surface area contributed by atoms with Crippen molar-refractivity contribution in [1.29, 1.82) is 0 Å². The molecule has 1 aromatic carbocycles. The normalized spacial score (nSPS) is 20.3. The highest BCUT2D eigenvalue weighted by atomic mass is 19.4. The van der Waals surface area contributed by atoms with Crippen LogP contribution in [0.1, 0.15) is 36.0 Å². The molecule has 2 fully saturated rings. The average molecular weight is 383 g/mol. The summed E-state index contributed by atoms with van der Waals surface area (Å²) in [5, 5.41) is 1.85. The van der Waals surface area contributed by atoms with Crippen molar-refractivity contribution in [2.24, 2.45) is 0 Å². The second kappa shape index (κ2) is 7.58. The van der Waals surface area contributed by atoms with Crippen LogP contribution in [0.3, 0.4) is 0 Å². The molecule has 2 heterocycles. The molecule has 27 heavy (non-hydrogen) atoms. The molecule has 2 saturated heterocycles. The Morgan fingerprint density at radius 3 is 2.63 bits per heavy atom. The molecule has 0 aliphatic carbocycles. The molecule has 0 saturated carbocycles. The Bertz CT molecular complexity index is 751. The quantitative estimate of drug-likeness (QED) is 0.866. The lowest BCUT2D eigenvalue weighted by Gasteiger charge is -2.25. The zero-order chi connectivity index (χ0) is 19.6. The van der Waals surface area contributed by atoms with Gasteiger partial charge in [0.15, 0.2) is 0 Å². The highest BCUT2D eigenvalue weighted by molar-refractivity contribution is 6.00. The molecule has 3 rings (SSSR count). The van der Waals surface area contributed by atoms with Gasteiger partial charge in [-0.3, -0.25) is 14.4 Å². The molecule has 2 aliphatic heterocycles. The first-order valence-electron chi connectivity index (χ1n) is 8.82. The van der Waals surface area contributed by atoms with Gasteiger partial charge in [0.1, 0.15) is 12.6 Å². The number of carbonyl (C=O) groups excluding carboxylic acids is 3. The second-order valence-electron chi connectivity index (χ2n) is 6.69. The number of halogens is 3. The second-order valence-corrected chi connectivity index (χ2v) is 6.69. The van der Waals surface area contributed by atoms with Gasteiger partial charge in [0, 0.05) is 30.8 Å². The van der Waals surface area contributed by atoms with Gasteiger partial charge in [0.25, 0.3) is 5.91 Å². The highest BCUT2D eigenvalue weighted by Gasteiger charge is 2.37. The predicted octanol–water partition coefficient (Wildman–Crippen LogP) is 2.10. The number of nitrogens with one attached hydrogen (secondary N) is 1. The monoisotopic (exact) mass is 383 g/mol. The van der Waals surface area contributed by atoms with E-state index < -0.39 is 30.6 Å². The Hall–Kier alpha value is -2.58. The van der Waals surface area contributed by atoms with Crippen LogP contribution in [-0.4, -0.2) is 54.5 Å². The Morgan fingerprint density at radius 2 is 1.96 bits per heavy atom. The number of amides is 3. The fraction of sp³-hybridized carbons (Fsp3) is 0.500. The van der Waals surface area contributed by atoms with E-state index in [1.807, 2.05) is 5.32 Å². The maximum atomic E-state index is 12.8. The van der Waals surface area contributed by atoms with Gasteiger partial charge >= 0.3 is 6.18 Å². The molecule has 0 radical (unpaired) electrons. The molecule has 1 unspecified atom stereocenters. The summed E-state index contributed by atoms with van der Waals surface area (Å²) < 4.78 is 37.0. The number of hydrogen-bond acceptors (Lipinski definition) is 3. The molecular formula is C18H20F3N3O3. The van der Waals surface area contributed by atoms with Crippen LogP contribution in [0.15, 0.2) is 24.3 Å². The molecule has 1 N–H and O–H groups in total. The number of benzene rings is 1. The van der Waals surface area contributed by atoms with Gasteiger partial charge < -0.3 is 15.1 Å². The third kappa shape index (κ3) is 4.40. The number of nitrogens with zero attached hydrogens (tertiary/aromatic N) is 2. The first-order valence-corrected chi connectivity index (χ1v) is 8.82. The first kappa shape index (κ1) is 19.2. The minimum atomic E-state index is -4.50. The zero-order valence-electron chi connectivity index (χ0n) is 14.6. The van der Waals surface area contributed by atoms with Crippen molar-refractivity contribution in [3.63, 3.8) is 0 Å². The summed E-state index contributed by atoms with van der Waals surface area (Å²) in [6.07, 6.45) is -2.42. The van der Waals surface area contributed by atoms with Crippen molar-refractivity contribution in [2.45, 2.75) is 37.9 Å². The third-order valence-electron chi connectivity index (χ3n) is 4.76. The van der Waals surface area contributed by atoms with Crippen LogP contribution in [0, 0.1) is 0 Å². The van der Waals surface area contributed by atoms with Crippen molar-refractivity contribution in [1.82, 2.24) is 10.2 Å². The maximum Gasteiger partial charge on any atom is 0.405 e. The molecule has 6 nitrogen and oxygen atoms in total. The molecule has 146 valence electrons. The standard InChI is InChI=1S/C18H20F3N3O3/c19-18(20,21)11-22-16(26)14-6-2-9-24(14)17(27)12-4-1-5-13(10-12)23-8-3-7-15(23)25/h1,4-5,10,14H,2-3,6-9,11H2,(H,22,26). The van der Waals surface area contributed by atoms with Gasteiger partial charge in [-0.1, -0.05) is 6.07 Å². The molecule has 2 aliphatic rings. The van der Waals surface area contributed by atoms with E-state index in [9.17, 15) is 27.6 Å². The van der Waals surface area contributed by atoms with Crippen LogP contribution in [0.2, 0.25) is 0 Å². The van der Waals surface area contributed by atoms with Crippen molar-refractivity contribution in [3.8, 4) is 0 Å². The van der Waals surface area contributed by atoms with E-state index in [4.69, 9.17) is 0 Å². The lowest BCUT2D eigenvalue weighted by Crippen LogP contribution is -2.48. The van der Waals surface area contributed by atoms with Gasteiger partial charge in [0.05, 0.1) is 0 Å². The number of anilines is 1. The lowest BCUT2D eigenvalue weighted by molar-refractivity contribution is -0.140. The SMILES string of the molecule is O=C(NCC(F)(F)F)C1CCCN1C(=O)c1cccc(N2CCCC2=O)c1. The van der Waals surface area contributed by atoms with Gasteiger partial charge in [-0.25, -0.2) is 0 Å². The molecule has 0 aromatic heterocycles. The first-order chi connectivity index (χ1) is 12.8. The molecule has 1 aromatic rings. The van der Waals surface area contributed by atoms with Crippen molar-refractivity contribution < 1.29 is 27.6 Å².